The number of nitrogens with zero attached hydrogens (tertiary/aromatic N) is 4. The Labute approximate surface area is 89.6 Å². The summed E-state index contributed by atoms with van der Waals surface area (Å²) >= 11 is 0. The summed E-state index contributed by atoms with van der Waals surface area (Å²) in [6, 6.07) is 4.37. The number of rotatable bonds is 3. The Balaban J connectivity index is 2.33. The number of anilines is 1. The summed E-state index contributed by atoms with van der Waals surface area (Å²) in [4.78, 5) is 10.8. The van der Waals surface area contributed by atoms with E-state index in [2.05, 4.69) is 27.9 Å². The second kappa shape index (κ2) is 3.85. The molecular weight excluding hydrogens is 188 g/mol. The molecule has 4 heteroatoms. The molecule has 0 aromatic carbocycles. The summed E-state index contributed by atoms with van der Waals surface area (Å²) in [7, 11) is 0. The van der Waals surface area contributed by atoms with Gasteiger partial charge in [-0.3, -0.25) is 0 Å². The smallest absolute Gasteiger partial charge is 0.227 e. The summed E-state index contributed by atoms with van der Waals surface area (Å²) in [5.74, 6) is 0.705. The topological polar surface area (TPSA) is 52.8 Å². The van der Waals surface area contributed by atoms with E-state index in [1.807, 2.05) is 6.92 Å². The van der Waals surface area contributed by atoms with Crippen LogP contribution in [0.5, 0.6) is 0 Å². The van der Waals surface area contributed by atoms with Crippen molar-refractivity contribution in [3.63, 3.8) is 0 Å². The first-order valence-electron chi connectivity index (χ1n) is 5.27. The van der Waals surface area contributed by atoms with Crippen LogP contribution in [-0.4, -0.2) is 22.6 Å². The molecule has 1 aromatic heterocycles. The molecule has 0 atom stereocenters. The van der Waals surface area contributed by atoms with E-state index < -0.39 is 0 Å². The summed E-state index contributed by atoms with van der Waals surface area (Å²) in [5, 5.41) is 8.84. The number of hydrogen-bond acceptors (Lipinski definition) is 4. The third kappa shape index (κ3) is 2.07. The Hall–Kier alpha value is -1.63. The lowest BCUT2D eigenvalue weighted by molar-refractivity contribution is 0.781. The Bertz CT molecular complexity index is 404. The van der Waals surface area contributed by atoms with Crippen molar-refractivity contribution in [2.24, 2.45) is 0 Å². The molecule has 4 nitrogen and oxygen atoms in total. The van der Waals surface area contributed by atoms with Crippen LogP contribution < -0.4 is 4.90 Å². The normalized spacial score (nSPS) is 14.7. The van der Waals surface area contributed by atoms with Crippen LogP contribution in [0.4, 0.5) is 5.95 Å². The Morgan fingerprint density at radius 3 is 2.80 bits per heavy atom. The van der Waals surface area contributed by atoms with E-state index in [1.165, 1.54) is 12.8 Å². The van der Waals surface area contributed by atoms with Crippen molar-refractivity contribution in [1.29, 1.82) is 5.26 Å². The standard InChI is InChI=1S/C11H14N4/c1-3-15(10-4-5-10)11-13-8(2)6-9(7-12)14-11/h6,10H,3-5H2,1-2H3. The van der Waals surface area contributed by atoms with Crippen LogP contribution >= 0.6 is 0 Å². The van der Waals surface area contributed by atoms with E-state index in [4.69, 9.17) is 5.26 Å². The molecule has 78 valence electrons. The lowest BCUT2D eigenvalue weighted by Crippen LogP contribution is -2.27. The molecule has 0 spiro atoms. The maximum absolute atomic E-state index is 8.84. The van der Waals surface area contributed by atoms with Crippen LogP contribution in [-0.2, 0) is 0 Å². The second-order valence-electron chi connectivity index (χ2n) is 3.82. The zero-order valence-corrected chi connectivity index (χ0v) is 9.06. The minimum atomic E-state index is 0.455. The van der Waals surface area contributed by atoms with E-state index in [1.54, 1.807) is 6.07 Å². The van der Waals surface area contributed by atoms with Gasteiger partial charge in [-0.25, -0.2) is 9.97 Å². The van der Waals surface area contributed by atoms with Gasteiger partial charge in [0.25, 0.3) is 0 Å². The second-order valence-corrected chi connectivity index (χ2v) is 3.82. The van der Waals surface area contributed by atoms with Crippen LogP contribution in [0.3, 0.4) is 0 Å². The Morgan fingerprint density at radius 2 is 2.27 bits per heavy atom. The van der Waals surface area contributed by atoms with E-state index >= 15 is 0 Å². The zero-order valence-electron chi connectivity index (χ0n) is 9.06. The number of hydrogen-bond donors (Lipinski definition) is 0. The predicted molar refractivity (Wildman–Crippen MR) is 57.5 cm³/mol. The first kappa shape index (κ1) is 9.91. The Morgan fingerprint density at radius 1 is 1.53 bits per heavy atom. The zero-order chi connectivity index (χ0) is 10.8. The van der Waals surface area contributed by atoms with Gasteiger partial charge in [0.15, 0.2) is 0 Å². The van der Waals surface area contributed by atoms with Gasteiger partial charge in [-0.05, 0) is 32.8 Å². The average Bonchev–Trinajstić information content (AvgIpc) is 3.02. The summed E-state index contributed by atoms with van der Waals surface area (Å²) in [6.07, 6.45) is 2.43. The van der Waals surface area contributed by atoms with Gasteiger partial charge in [0.1, 0.15) is 11.8 Å². The molecule has 15 heavy (non-hydrogen) atoms. The van der Waals surface area contributed by atoms with Gasteiger partial charge in [0, 0.05) is 18.3 Å². The average molecular weight is 202 g/mol. The molecule has 0 radical (unpaired) electrons. The van der Waals surface area contributed by atoms with Crippen molar-refractivity contribution in [2.45, 2.75) is 32.7 Å². The van der Waals surface area contributed by atoms with Crippen LogP contribution in [0.15, 0.2) is 6.07 Å². The fraction of sp³-hybridized carbons (Fsp3) is 0.545. The van der Waals surface area contributed by atoms with Crippen LogP contribution in [0.25, 0.3) is 0 Å². The lowest BCUT2D eigenvalue weighted by atomic mass is 10.3. The van der Waals surface area contributed by atoms with Crippen LogP contribution in [0, 0.1) is 18.3 Å². The molecule has 0 amide bonds. The molecule has 1 heterocycles. The lowest BCUT2D eigenvalue weighted by Gasteiger charge is -2.20. The van der Waals surface area contributed by atoms with Crippen LogP contribution in [0.2, 0.25) is 0 Å². The molecule has 1 aliphatic carbocycles. The third-order valence-electron chi connectivity index (χ3n) is 2.54. The Kier molecular flexibility index (Phi) is 2.55. The first-order valence-corrected chi connectivity index (χ1v) is 5.27. The molecule has 1 aliphatic rings. The molecule has 0 unspecified atom stereocenters. The van der Waals surface area contributed by atoms with Crippen molar-refractivity contribution >= 4 is 5.95 Å². The summed E-state index contributed by atoms with van der Waals surface area (Å²) < 4.78 is 0. The van der Waals surface area contributed by atoms with Gasteiger partial charge in [0.05, 0.1) is 0 Å². The predicted octanol–water partition coefficient (Wildman–Crippen LogP) is 1.65. The van der Waals surface area contributed by atoms with E-state index in [0.29, 0.717) is 17.7 Å². The molecule has 1 saturated carbocycles. The molecule has 0 saturated heterocycles. The molecular formula is C11H14N4. The third-order valence-corrected chi connectivity index (χ3v) is 2.54. The minimum Gasteiger partial charge on any atom is -0.338 e. The van der Waals surface area contributed by atoms with Crippen molar-refractivity contribution < 1.29 is 0 Å². The minimum absolute atomic E-state index is 0.455. The van der Waals surface area contributed by atoms with E-state index in [9.17, 15) is 0 Å². The first-order chi connectivity index (χ1) is 7.24. The molecule has 0 aliphatic heterocycles. The maximum atomic E-state index is 8.84. The maximum Gasteiger partial charge on any atom is 0.227 e. The van der Waals surface area contributed by atoms with Crippen molar-refractivity contribution in [3.05, 3.63) is 17.5 Å². The SMILES string of the molecule is CCN(c1nc(C)cc(C#N)n1)C1CC1. The highest BCUT2D eigenvalue weighted by Gasteiger charge is 2.29. The van der Waals surface area contributed by atoms with Crippen LogP contribution in [0.1, 0.15) is 31.2 Å². The van der Waals surface area contributed by atoms with Gasteiger partial charge in [0.2, 0.25) is 5.95 Å². The summed E-state index contributed by atoms with van der Waals surface area (Å²) in [6.45, 7) is 4.89. The quantitative estimate of drug-likeness (QED) is 0.747. The van der Waals surface area contributed by atoms with Crippen molar-refractivity contribution in [1.82, 2.24) is 9.97 Å². The van der Waals surface area contributed by atoms with Gasteiger partial charge in [-0.1, -0.05) is 0 Å². The fourth-order valence-corrected chi connectivity index (χ4v) is 1.69. The highest BCUT2D eigenvalue weighted by atomic mass is 15.3. The molecule has 0 bridgehead atoms. The largest absolute Gasteiger partial charge is 0.338 e. The molecule has 2 rings (SSSR count). The monoisotopic (exact) mass is 202 g/mol. The van der Waals surface area contributed by atoms with Crippen molar-refractivity contribution in [2.75, 3.05) is 11.4 Å². The molecule has 1 fully saturated rings. The van der Waals surface area contributed by atoms with Gasteiger partial charge < -0.3 is 4.90 Å². The number of aryl methyl sites for hydroxylation is 1. The highest BCUT2D eigenvalue weighted by Crippen LogP contribution is 2.29. The van der Waals surface area contributed by atoms with Gasteiger partial charge >= 0.3 is 0 Å². The van der Waals surface area contributed by atoms with Gasteiger partial charge in [-0.2, -0.15) is 5.26 Å². The van der Waals surface area contributed by atoms with Gasteiger partial charge in [-0.15, -0.1) is 0 Å². The molecule has 0 N–H and O–H groups in total. The number of aromatic nitrogens is 2. The highest BCUT2D eigenvalue weighted by molar-refractivity contribution is 5.38. The molecule has 1 aromatic rings. The van der Waals surface area contributed by atoms with E-state index in [0.717, 1.165) is 12.2 Å². The fourth-order valence-electron chi connectivity index (χ4n) is 1.69. The van der Waals surface area contributed by atoms with Crippen molar-refractivity contribution in [3.8, 4) is 6.07 Å². The van der Waals surface area contributed by atoms with E-state index in [-0.39, 0.29) is 0 Å². The number of nitriles is 1. The summed E-state index contributed by atoms with van der Waals surface area (Å²) in [5.41, 5.74) is 1.31.